The fourth-order valence-corrected chi connectivity index (χ4v) is 2.09. The van der Waals surface area contributed by atoms with Crippen LogP contribution in [0.5, 0.6) is 5.75 Å². The van der Waals surface area contributed by atoms with Gasteiger partial charge in [-0.05, 0) is 18.6 Å². The number of carbonyl (C=O) groups excluding carboxylic acids is 1. The third-order valence-electron chi connectivity index (χ3n) is 3.23. The van der Waals surface area contributed by atoms with Crippen molar-refractivity contribution >= 4 is 18.3 Å². The number of rotatable bonds is 6. The van der Waals surface area contributed by atoms with E-state index in [2.05, 4.69) is 5.32 Å². The number of morpholine rings is 1. The average molecular weight is 315 g/mol. The number of ether oxygens (including phenoxy) is 2. The molecule has 2 rings (SSSR count). The van der Waals surface area contributed by atoms with Crippen molar-refractivity contribution in [2.75, 3.05) is 39.9 Å². The monoisotopic (exact) mass is 314 g/mol. The molecule has 0 aliphatic carbocycles. The molecular weight excluding hydrogens is 292 g/mol. The summed E-state index contributed by atoms with van der Waals surface area (Å²) in [6, 6.07) is 9.70. The Morgan fingerprint density at radius 1 is 1.43 bits per heavy atom. The van der Waals surface area contributed by atoms with Crippen LogP contribution in [0.2, 0.25) is 0 Å². The van der Waals surface area contributed by atoms with E-state index in [1.165, 1.54) is 0 Å². The highest BCUT2D eigenvalue weighted by Crippen LogP contribution is 2.08. The van der Waals surface area contributed by atoms with Crippen molar-refractivity contribution in [2.45, 2.75) is 12.5 Å². The van der Waals surface area contributed by atoms with Crippen LogP contribution in [0.4, 0.5) is 0 Å². The van der Waals surface area contributed by atoms with E-state index in [1.54, 1.807) is 4.90 Å². The maximum Gasteiger partial charge on any atom is 0.252 e. The molecule has 0 spiro atoms. The molecule has 5 nitrogen and oxygen atoms in total. The molecule has 1 aliphatic rings. The van der Waals surface area contributed by atoms with Crippen LogP contribution >= 0.6 is 12.4 Å². The molecular formula is C15H23ClN2O3. The predicted molar refractivity (Wildman–Crippen MR) is 84.0 cm³/mol. The van der Waals surface area contributed by atoms with E-state index in [4.69, 9.17) is 9.47 Å². The van der Waals surface area contributed by atoms with Crippen molar-refractivity contribution in [3.05, 3.63) is 30.3 Å². The highest BCUT2D eigenvalue weighted by atomic mass is 35.5. The summed E-state index contributed by atoms with van der Waals surface area (Å²) in [6.45, 7) is 3.29. The van der Waals surface area contributed by atoms with Crippen LogP contribution in [0.15, 0.2) is 30.3 Å². The molecule has 1 unspecified atom stereocenters. The van der Waals surface area contributed by atoms with E-state index in [-0.39, 0.29) is 24.4 Å². The lowest BCUT2D eigenvalue weighted by Gasteiger charge is -2.27. The van der Waals surface area contributed by atoms with Gasteiger partial charge in [0.2, 0.25) is 0 Å². The zero-order valence-corrected chi connectivity index (χ0v) is 13.1. The van der Waals surface area contributed by atoms with Gasteiger partial charge >= 0.3 is 0 Å². The number of benzene rings is 1. The largest absolute Gasteiger partial charge is 0.494 e. The lowest BCUT2D eigenvalue weighted by molar-refractivity contribution is -0.143. The maximum absolute atomic E-state index is 12.1. The molecule has 0 saturated carbocycles. The average Bonchev–Trinajstić information content (AvgIpc) is 2.52. The number of nitrogens with one attached hydrogen (secondary N) is 1. The summed E-state index contributed by atoms with van der Waals surface area (Å²) >= 11 is 0. The minimum absolute atomic E-state index is 0. The fourth-order valence-electron chi connectivity index (χ4n) is 2.09. The van der Waals surface area contributed by atoms with Gasteiger partial charge in [0.1, 0.15) is 11.9 Å². The summed E-state index contributed by atoms with van der Waals surface area (Å²) in [5.74, 6) is 0.901. The number of nitrogens with zero attached hydrogens (tertiary/aromatic N) is 1. The van der Waals surface area contributed by atoms with Gasteiger partial charge in [-0.3, -0.25) is 4.79 Å². The molecule has 1 heterocycles. The van der Waals surface area contributed by atoms with Crippen LogP contribution in [0.3, 0.4) is 0 Å². The van der Waals surface area contributed by atoms with Crippen molar-refractivity contribution in [1.82, 2.24) is 10.2 Å². The summed E-state index contributed by atoms with van der Waals surface area (Å²) in [4.78, 5) is 13.8. The van der Waals surface area contributed by atoms with E-state index in [0.29, 0.717) is 26.3 Å². The second-order valence-electron chi connectivity index (χ2n) is 4.84. The first kappa shape index (κ1) is 17.8. The first-order valence-corrected chi connectivity index (χ1v) is 7.02. The highest BCUT2D eigenvalue weighted by molar-refractivity contribution is 5.85. The van der Waals surface area contributed by atoms with Gasteiger partial charge < -0.3 is 19.7 Å². The maximum atomic E-state index is 12.1. The second-order valence-corrected chi connectivity index (χ2v) is 4.84. The van der Waals surface area contributed by atoms with Gasteiger partial charge in [0.15, 0.2) is 0 Å². The summed E-state index contributed by atoms with van der Waals surface area (Å²) < 4.78 is 11.1. The first-order valence-electron chi connectivity index (χ1n) is 7.02. The summed E-state index contributed by atoms with van der Waals surface area (Å²) in [7, 11) is 1.81. The van der Waals surface area contributed by atoms with E-state index in [1.807, 2.05) is 37.4 Å². The molecule has 1 aliphatic heterocycles. The lowest BCUT2D eigenvalue weighted by Crippen LogP contribution is -2.48. The molecule has 0 bridgehead atoms. The second kappa shape index (κ2) is 9.60. The quantitative estimate of drug-likeness (QED) is 0.805. The highest BCUT2D eigenvalue weighted by Gasteiger charge is 2.24. The topological polar surface area (TPSA) is 50.8 Å². The van der Waals surface area contributed by atoms with Crippen LogP contribution in [0.1, 0.15) is 6.42 Å². The minimum atomic E-state index is -0.344. The Hall–Kier alpha value is -1.30. The number of halogens is 1. The lowest BCUT2D eigenvalue weighted by atomic mass is 10.2. The van der Waals surface area contributed by atoms with E-state index < -0.39 is 0 Å². The predicted octanol–water partition coefficient (Wildman–Crippen LogP) is 1.32. The Morgan fingerprint density at radius 3 is 2.86 bits per heavy atom. The Morgan fingerprint density at radius 2 is 2.19 bits per heavy atom. The van der Waals surface area contributed by atoms with Crippen molar-refractivity contribution in [1.29, 1.82) is 0 Å². The zero-order valence-electron chi connectivity index (χ0n) is 12.3. The van der Waals surface area contributed by atoms with Crippen LogP contribution in [-0.2, 0) is 9.53 Å². The number of carbonyl (C=O) groups is 1. The van der Waals surface area contributed by atoms with Gasteiger partial charge in [-0.15, -0.1) is 12.4 Å². The molecule has 118 valence electrons. The molecule has 1 aromatic carbocycles. The minimum Gasteiger partial charge on any atom is -0.494 e. The van der Waals surface area contributed by atoms with Gasteiger partial charge in [0.25, 0.3) is 5.91 Å². The normalized spacial score (nSPS) is 17.7. The van der Waals surface area contributed by atoms with Gasteiger partial charge in [-0.2, -0.15) is 0 Å². The SMILES string of the molecule is CN(CCCOc1ccccc1)C(=O)C1CNCCO1.Cl. The molecule has 1 aromatic rings. The zero-order chi connectivity index (χ0) is 14.2. The van der Waals surface area contributed by atoms with Crippen molar-refractivity contribution in [3.8, 4) is 5.75 Å². The molecule has 6 heteroatoms. The standard InChI is InChI=1S/C15H22N2O3.ClH/c1-17(15(18)14-12-16-8-11-20-14)9-5-10-19-13-6-3-2-4-7-13;/h2-4,6-7,14,16H,5,8-12H2,1H3;1H. The van der Waals surface area contributed by atoms with Crippen molar-refractivity contribution in [2.24, 2.45) is 0 Å². The van der Waals surface area contributed by atoms with Gasteiger partial charge in [-0.25, -0.2) is 0 Å². The number of amides is 1. The molecule has 1 atom stereocenters. The van der Waals surface area contributed by atoms with E-state index in [9.17, 15) is 4.79 Å². The summed E-state index contributed by atoms with van der Waals surface area (Å²) in [6.07, 6.45) is 0.459. The van der Waals surface area contributed by atoms with E-state index >= 15 is 0 Å². The Labute approximate surface area is 132 Å². The Kier molecular flexibility index (Phi) is 8.12. The van der Waals surface area contributed by atoms with Crippen LogP contribution < -0.4 is 10.1 Å². The number of likely N-dealkylation sites (N-methyl/N-ethyl adjacent to an activating group) is 1. The molecule has 1 saturated heterocycles. The third-order valence-corrected chi connectivity index (χ3v) is 3.23. The number of para-hydroxylation sites is 1. The summed E-state index contributed by atoms with van der Waals surface area (Å²) in [5.41, 5.74) is 0. The van der Waals surface area contributed by atoms with Gasteiger partial charge in [0.05, 0.1) is 13.2 Å². The van der Waals surface area contributed by atoms with Crippen molar-refractivity contribution < 1.29 is 14.3 Å². The van der Waals surface area contributed by atoms with E-state index in [0.717, 1.165) is 18.7 Å². The Bertz CT molecular complexity index is 411. The van der Waals surface area contributed by atoms with Gasteiger partial charge in [0, 0.05) is 26.7 Å². The van der Waals surface area contributed by atoms with Crippen LogP contribution in [-0.4, -0.2) is 56.8 Å². The number of hydrogen-bond acceptors (Lipinski definition) is 4. The Balaban J connectivity index is 0.00000220. The molecule has 1 fully saturated rings. The van der Waals surface area contributed by atoms with Gasteiger partial charge in [-0.1, -0.05) is 18.2 Å². The smallest absolute Gasteiger partial charge is 0.252 e. The first-order chi connectivity index (χ1) is 9.77. The molecule has 0 radical (unpaired) electrons. The molecule has 21 heavy (non-hydrogen) atoms. The summed E-state index contributed by atoms with van der Waals surface area (Å²) in [5, 5.41) is 3.16. The third kappa shape index (κ3) is 5.91. The van der Waals surface area contributed by atoms with Crippen LogP contribution in [0, 0.1) is 0 Å². The fraction of sp³-hybridized carbons (Fsp3) is 0.533. The number of hydrogen-bond donors (Lipinski definition) is 1. The molecule has 0 aromatic heterocycles. The molecule has 1 N–H and O–H groups in total. The van der Waals surface area contributed by atoms with Crippen LogP contribution in [0.25, 0.3) is 0 Å². The van der Waals surface area contributed by atoms with Crippen molar-refractivity contribution in [3.63, 3.8) is 0 Å². The molecule has 1 amide bonds.